The number of allylic oxidation sites excluding steroid dienone is 6. The van der Waals surface area contributed by atoms with E-state index in [4.69, 9.17) is 0 Å². The lowest BCUT2D eigenvalue weighted by molar-refractivity contribution is 0.660. The number of para-hydroxylation sites is 1. The van der Waals surface area contributed by atoms with Gasteiger partial charge in [-0.3, -0.25) is 5.32 Å². The summed E-state index contributed by atoms with van der Waals surface area (Å²) < 4.78 is 4.86. The summed E-state index contributed by atoms with van der Waals surface area (Å²) in [5.41, 5.74) is 23.6. The van der Waals surface area contributed by atoms with Crippen molar-refractivity contribution in [2.45, 2.75) is 79.1 Å². The largest absolute Gasteiger partial charge is 0.378 e. The van der Waals surface area contributed by atoms with Crippen molar-refractivity contribution < 1.29 is 0 Å². The van der Waals surface area contributed by atoms with E-state index in [2.05, 4.69) is 266 Å². The molecule has 1 atom stereocenters. The molecule has 2 aromatic heterocycles. The molecular weight excluding hydrogens is 1000 g/mol. The van der Waals surface area contributed by atoms with Crippen LogP contribution in [0.5, 0.6) is 0 Å². The first-order valence-electron chi connectivity index (χ1n) is 30.0. The first-order chi connectivity index (χ1) is 40.8. The number of hydrogen-bond acceptors (Lipinski definition) is 2. The summed E-state index contributed by atoms with van der Waals surface area (Å²) in [5, 5.41) is 12.2. The number of benzene rings is 8. The Morgan fingerprint density at radius 3 is 1.92 bits per heavy atom. The maximum atomic E-state index is 3.51. The second kappa shape index (κ2) is 26.3. The zero-order valence-corrected chi connectivity index (χ0v) is 49.9. The van der Waals surface area contributed by atoms with Gasteiger partial charge in [0, 0.05) is 58.6 Å². The minimum absolute atomic E-state index is 0.0214. The highest BCUT2D eigenvalue weighted by molar-refractivity contribution is 6.09. The molecule has 0 spiro atoms. The molecule has 0 amide bonds. The lowest BCUT2D eigenvalue weighted by Gasteiger charge is -2.22. The average molecular weight is 1090 g/mol. The van der Waals surface area contributed by atoms with Crippen LogP contribution in [0.4, 0.5) is 0 Å². The number of rotatable bonds is 8. The van der Waals surface area contributed by atoms with Crippen LogP contribution in [-0.4, -0.2) is 22.3 Å². The van der Waals surface area contributed by atoms with Crippen LogP contribution in [-0.2, 0) is 18.9 Å². The smallest absolute Gasteiger partial charge is 0.0650 e. The highest BCUT2D eigenvalue weighted by atomic mass is 15.1. The van der Waals surface area contributed by atoms with E-state index in [0.717, 1.165) is 32.5 Å². The van der Waals surface area contributed by atoms with Crippen LogP contribution in [0.1, 0.15) is 101 Å². The Balaban J connectivity index is 0.000000164. The topological polar surface area (TPSA) is 33.9 Å². The SMILES string of the molecule is C1=C(c2cc(-c3ccccc3)cc(-c3ccc(-c4ccccc4)cc3)c2)CNCN1.C=C/C=C\C=C/C.CC.CC.Cn1c2c(c3c1=CCC(c1ccc4c(c1)c1ccccc1n4-c1ccc4c(c1)C(C)(C)c1ccccc1-4)C=3)CCC=C2. The fraction of sp³-hybridized carbons (Fsp3) is 0.190. The van der Waals surface area contributed by atoms with Crippen LogP contribution in [0.2, 0.25) is 0 Å². The molecular formula is C79H80N4. The molecule has 0 bridgehead atoms. The van der Waals surface area contributed by atoms with Crippen molar-refractivity contribution >= 4 is 45.6 Å². The molecule has 4 nitrogen and oxygen atoms in total. The summed E-state index contributed by atoms with van der Waals surface area (Å²) >= 11 is 0. The van der Waals surface area contributed by atoms with Gasteiger partial charge in [-0.15, -0.1) is 0 Å². The molecule has 4 heteroatoms. The van der Waals surface area contributed by atoms with Crippen molar-refractivity contribution in [1.82, 2.24) is 19.8 Å². The van der Waals surface area contributed by atoms with Gasteiger partial charge in [0.2, 0.25) is 0 Å². The third-order valence-corrected chi connectivity index (χ3v) is 16.5. The highest BCUT2D eigenvalue weighted by Gasteiger charge is 2.35. The predicted molar refractivity (Wildman–Crippen MR) is 360 cm³/mol. The van der Waals surface area contributed by atoms with Gasteiger partial charge in [0.15, 0.2) is 0 Å². The van der Waals surface area contributed by atoms with Crippen molar-refractivity contribution in [3.8, 4) is 50.2 Å². The van der Waals surface area contributed by atoms with E-state index in [0.29, 0.717) is 5.92 Å². The molecule has 14 rings (SSSR count). The molecule has 3 heterocycles. The third-order valence-electron chi connectivity index (χ3n) is 16.5. The van der Waals surface area contributed by atoms with Crippen molar-refractivity contribution in [1.29, 1.82) is 0 Å². The number of hydrogen-bond donors (Lipinski definition) is 2. The minimum Gasteiger partial charge on any atom is -0.378 e. The molecule has 0 saturated heterocycles. The molecule has 3 aliphatic carbocycles. The molecule has 4 aliphatic rings. The monoisotopic (exact) mass is 1080 g/mol. The fourth-order valence-corrected chi connectivity index (χ4v) is 12.4. The van der Waals surface area contributed by atoms with Crippen LogP contribution in [0.3, 0.4) is 0 Å². The minimum atomic E-state index is -0.0214. The predicted octanol–water partition coefficient (Wildman–Crippen LogP) is 18.7. The second-order valence-corrected chi connectivity index (χ2v) is 21.6. The van der Waals surface area contributed by atoms with E-state index in [1.54, 1.807) is 6.08 Å². The van der Waals surface area contributed by atoms with E-state index in [-0.39, 0.29) is 5.41 Å². The molecule has 1 aliphatic heterocycles. The van der Waals surface area contributed by atoms with E-state index < -0.39 is 0 Å². The van der Waals surface area contributed by atoms with Crippen LogP contribution in [0, 0.1) is 0 Å². The normalized spacial score (nSPS) is 14.9. The van der Waals surface area contributed by atoms with Gasteiger partial charge in [0.25, 0.3) is 0 Å². The zero-order chi connectivity index (χ0) is 57.9. The average Bonchev–Trinajstić information content (AvgIpc) is 3.10. The Morgan fingerprint density at radius 2 is 1.22 bits per heavy atom. The molecule has 8 aromatic carbocycles. The second-order valence-electron chi connectivity index (χ2n) is 21.6. The number of nitrogens with zero attached hydrogens (tertiary/aromatic N) is 2. The van der Waals surface area contributed by atoms with Crippen molar-refractivity contribution in [3.63, 3.8) is 0 Å². The zero-order valence-electron chi connectivity index (χ0n) is 49.9. The Morgan fingerprint density at radius 1 is 0.590 bits per heavy atom. The van der Waals surface area contributed by atoms with Gasteiger partial charge in [-0.1, -0.05) is 236 Å². The van der Waals surface area contributed by atoms with Crippen LogP contribution >= 0.6 is 0 Å². The first-order valence-corrected chi connectivity index (χ1v) is 30.0. The Labute approximate surface area is 493 Å². The maximum absolute atomic E-state index is 3.51. The Hall–Kier alpha value is -8.96. The Kier molecular flexibility index (Phi) is 18.2. The third kappa shape index (κ3) is 11.8. The van der Waals surface area contributed by atoms with Gasteiger partial charge in [-0.2, -0.15) is 0 Å². The maximum Gasteiger partial charge on any atom is 0.0650 e. The summed E-state index contributed by atoms with van der Waals surface area (Å²) in [5.74, 6) is 0.390. The quantitative estimate of drug-likeness (QED) is 0.149. The van der Waals surface area contributed by atoms with Gasteiger partial charge in [-0.05, 0) is 164 Å². The lowest BCUT2D eigenvalue weighted by atomic mass is 9.82. The van der Waals surface area contributed by atoms with Crippen LogP contribution in [0.15, 0.2) is 237 Å². The summed E-state index contributed by atoms with van der Waals surface area (Å²) in [6.45, 7) is 19.9. The number of fused-ring (bicyclic) bond motifs is 9. The summed E-state index contributed by atoms with van der Waals surface area (Å²) in [4.78, 5) is 0. The van der Waals surface area contributed by atoms with Crippen LogP contribution in [0.25, 0.3) is 95.8 Å². The fourth-order valence-electron chi connectivity index (χ4n) is 12.4. The molecule has 0 radical (unpaired) electrons. The lowest BCUT2D eigenvalue weighted by Crippen LogP contribution is -2.32. The first kappa shape index (κ1) is 57.3. The van der Waals surface area contributed by atoms with Gasteiger partial charge in [0.1, 0.15) is 0 Å². The molecule has 0 saturated carbocycles. The van der Waals surface area contributed by atoms with Crippen LogP contribution < -0.4 is 21.2 Å². The summed E-state index contributed by atoms with van der Waals surface area (Å²) in [7, 11) is 2.22. The van der Waals surface area contributed by atoms with Crippen molar-refractivity contribution in [3.05, 3.63) is 281 Å². The van der Waals surface area contributed by atoms with E-state index in [1.165, 1.54) is 122 Å². The van der Waals surface area contributed by atoms with Gasteiger partial charge >= 0.3 is 0 Å². The number of aromatic nitrogens is 2. The van der Waals surface area contributed by atoms with E-state index in [9.17, 15) is 0 Å². The Bertz CT molecular complexity index is 4160. The van der Waals surface area contributed by atoms with Gasteiger partial charge in [-0.25, -0.2) is 0 Å². The summed E-state index contributed by atoms with van der Waals surface area (Å²) in [6, 6.07) is 69.0. The highest BCUT2D eigenvalue weighted by Crippen LogP contribution is 2.49. The van der Waals surface area contributed by atoms with E-state index in [1.807, 2.05) is 58.9 Å². The van der Waals surface area contributed by atoms with Gasteiger partial charge < -0.3 is 14.5 Å². The van der Waals surface area contributed by atoms with Gasteiger partial charge in [0.05, 0.1) is 17.7 Å². The summed E-state index contributed by atoms with van der Waals surface area (Å²) in [6.07, 6.45) is 24.6. The number of nitrogens with one attached hydrogen (secondary N) is 2. The standard InChI is InChI=1S/C40H34N2.C28H24N2.C7H10.2C2H6/c1-40(2)34-13-7-4-10-28(34)29-19-18-27(24-35(29)40)42-38-15-9-6-12-31(38)33-23-26(17-21-39(33)42)25-16-20-37-32(22-25)30-11-5-8-14-36(30)41(37)3;1-3-7-21(8-4-1)23-11-13-24(14-12-23)26-15-25(22-9-5-2-6-10-22)16-27(17-26)28-18-29-20-30-19-28;1-3-5-7-6-4-2;2*1-2/h4,6-10,12-15,17-25H,5,11,16H2,1-3H3;1-18,29-30H,19-20H2;3-7H,1H2,2H3;2*1-2H3/b;;6-4-,7-5-;;. The molecule has 2 N–H and O–H groups in total. The van der Waals surface area contributed by atoms with E-state index >= 15 is 0 Å². The molecule has 10 aromatic rings. The molecule has 416 valence electrons. The van der Waals surface area contributed by atoms with Crippen molar-refractivity contribution in [2.75, 3.05) is 13.2 Å². The molecule has 1 unspecified atom stereocenters. The molecule has 83 heavy (non-hydrogen) atoms. The van der Waals surface area contributed by atoms with Crippen molar-refractivity contribution in [2.24, 2.45) is 7.05 Å². The molecule has 0 fully saturated rings.